The minimum atomic E-state index is -0.433. The molecule has 1 atom stereocenters. The third kappa shape index (κ3) is 4.72. The van der Waals surface area contributed by atoms with Gasteiger partial charge in [0.1, 0.15) is 5.82 Å². The topological polar surface area (TPSA) is 54.2 Å². The average molecular weight is 485 g/mol. The number of hydrogen-bond acceptors (Lipinski definition) is 4. The molecule has 0 saturated heterocycles. The van der Waals surface area contributed by atoms with Gasteiger partial charge in [-0.1, -0.05) is 70.9 Å². The molecule has 1 aliphatic heterocycles. The molecule has 1 aromatic heterocycles. The molecule has 35 heavy (non-hydrogen) atoms. The molecule has 2 heterocycles. The molecule has 0 fully saturated rings. The molecule has 176 valence electrons. The normalized spacial score (nSPS) is 15.9. The summed E-state index contributed by atoms with van der Waals surface area (Å²) in [5, 5.41) is 8.19. The predicted octanol–water partition coefficient (Wildman–Crippen LogP) is 6.36. The molecule has 0 bridgehead atoms. The first-order valence-corrected chi connectivity index (χ1v) is 11.8. The minimum absolute atomic E-state index is 0.319. The van der Waals surface area contributed by atoms with Crippen molar-refractivity contribution in [1.82, 2.24) is 20.4 Å². The van der Waals surface area contributed by atoms with Crippen molar-refractivity contribution in [3.05, 3.63) is 112 Å². The number of aromatic nitrogens is 2. The van der Waals surface area contributed by atoms with Crippen LogP contribution >= 0.6 is 12.2 Å². The van der Waals surface area contributed by atoms with Crippen LogP contribution in [-0.2, 0) is 6.54 Å². The van der Waals surface area contributed by atoms with E-state index in [0.29, 0.717) is 23.4 Å². The van der Waals surface area contributed by atoms with Gasteiger partial charge in [-0.25, -0.2) is 4.39 Å². The van der Waals surface area contributed by atoms with Crippen molar-refractivity contribution in [2.45, 2.75) is 33.4 Å². The first-order chi connectivity index (χ1) is 16.9. The third-order valence-electron chi connectivity index (χ3n) is 6.13. The zero-order valence-corrected chi connectivity index (χ0v) is 20.6. The summed E-state index contributed by atoms with van der Waals surface area (Å²) < 4.78 is 20.0. The van der Waals surface area contributed by atoms with Gasteiger partial charge in [0.05, 0.1) is 11.6 Å². The fourth-order valence-corrected chi connectivity index (χ4v) is 4.73. The van der Waals surface area contributed by atoms with Crippen LogP contribution in [0.4, 0.5) is 4.39 Å². The first-order valence-electron chi connectivity index (χ1n) is 11.4. The van der Waals surface area contributed by atoms with Gasteiger partial charge in [0.25, 0.3) is 5.89 Å². The van der Waals surface area contributed by atoms with Crippen LogP contribution in [0.15, 0.2) is 83.0 Å². The zero-order valence-electron chi connectivity index (χ0n) is 19.7. The van der Waals surface area contributed by atoms with Gasteiger partial charge >= 0.3 is 0 Å². The summed E-state index contributed by atoms with van der Waals surface area (Å²) in [6, 6.07) is 22.3. The van der Waals surface area contributed by atoms with E-state index in [4.69, 9.17) is 21.7 Å². The number of benzene rings is 3. The highest BCUT2D eigenvalue weighted by Gasteiger charge is 2.34. The van der Waals surface area contributed by atoms with Crippen molar-refractivity contribution in [2.75, 3.05) is 0 Å². The summed E-state index contributed by atoms with van der Waals surface area (Å²) in [7, 11) is 0. The van der Waals surface area contributed by atoms with E-state index in [1.54, 1.807) is 6.07 Å². The molecule has 0 spiro atoms. The van der Waals surface area contributed by atoms with Crippen molar-refractivity contribution in [3.8, 4) is 11.4 Å². The molecular formula is C28H25FN4OS. The van der Waals surface area contributed by atoms with Gasteiger partial charge < -0.3 is 14.7 Å². The van der Waals surface area contributed by atoms with E-state index in [2.05, 4.69) is 35.6 Å². The Morgan fingerprint density at radius 1 is 0.971 bits per heavy atom. The van der Waals surface area contributed by atoms with Crippen molar-refractivity contribution in [2.24, 2.45) is 0 Å². The predicted molar refractivity (Wildman–Crippen MR) is 139 cm³/mol. The van der Waals surface area contributed by atoms with Crippen molar-refractivity contribution in [1.29, 1.82) is 0 Å². The van der Waals surface area contributed by atoms with Gasteiger partial charge in [0, 0.05) is 17.8 Å². The highest BCUT2D eigenvalue weighted by Crippen LogP contribution is 2.38. The van der Waals surface area contributed by atoms with Crippen molar-refractivity contribution in [3.63, 3.8) is 0 Å². The second-order valence-electron chi connectivity index (χ2n) is 8.80. The monoisotopic (exact) mass is 484 g/mol. The van der Waals surface area contributed by atoms with E-state index < -0.39 is 6.04 Å². The number of nitrogens with zero attached hydrogens (tertiary/aromatic N) is 3. The van der Waals surface area contributed by atoms with Crippen LogP contribution in [0.5, 0.6) is 0 Å². The van der Waals surface area contributed by atoms with E-state index >= 15 is 0 Å². The molecule has 1 N–H and O–H groups in total. The number of hydrogen-bond donors (Lipinski definition) is 1. The van der Waals surface area contributed by atoms with Gasteiger partial charge in [-0.15, -0.1) is 0 Å². The molecule has 7 heteroatoms. The van der Waals surface area contributed by atoms with Crippen LogP contribution in [-0.4, -0.2) is 20.2 Å². The largest absolute Gasteiger partial charge is 0.351 e. The first kappa shape index (κ1) is 22.9. The third-order valence-corrected chi connectivity index (χ3v) is 6.47. The molecular weight excluding hydrogens is 459 g/mol. The van der Waals surface area contributed by atoms with E-state index in [1.165, 1.54) is 17.7 Å². The van der Waals surface area contributed by atoms with Crippen LogP contribution in [0.2, 0.25) is 0 Å². The van der Waals surface area contributed by atoms with Gasteiger partial charge in [-0.2, -0.15) is 4.98 Å². The van der Waals surface area contributed by atoms with Gasteiger partial charge in [0.15, 0.2) is 5.11 Å². The van der Waals surface area contributed by atoms with Crippen LogP contribution in [0.25, 0.3) is 17.0 Å². The summed E-state index contributed by atoms with van der Waals surface area (Å²) in [6.07, 6.45) is 0. The number of rotatable bonds is 5. The Labute approximate surface area is 209 Å². The second-order valence-corrected chi connectivity index (χ2v) is 9.19. The zero-order chi connectivity index (χ0) is 24.5. The highest BCUT2D eigenvalue weighted by molar-refractivity contribution is 7.80. The molecule has 0 amide bonds. The summed E-state index contributed by atoms with van der Waals surface area (Å²) >= 11 is 5.77. The smallest absolute Gasteiger partial charge is 0.258 e. The Balaban J connectivity index is 1.61. The molecule has 4 aromatic rings. The molecule has 1 aliphatic rings. The number of thiocarbonyl (C=S) groups is 1. The van der Waals surface area contributed by atoms with E-state index in [0.717, 1.165) is 33.5 Å². The van der Waals surface area contributed by atoms with E-state index in [9.17, 15) is 4.39 Å². The summed E-state index contributed by atoms with van der Waals surface area (Å²) in [6.45, 7) is 6.65. The van der Waals surface area contributed by atoms with Crippen LogP contribution in [0, 0.1) is 19.7 Å². The minimum Gasteiger partial charge on any atom is -0.351 e. The maximum absolute atomic E-state index is 14.2. The Kier molecular flexibility index (Phi) is 6.17. The van der Waals surface area contributed by atoms with Crippen LogP contribution in [0.1, 0.15) is 41.1 Å². The number of halogens is 1. The van der Waals surface area contributed by atoms with E-state index in [-0.39, 0.29) is 5.82 Å². The van der Waals surface area contributed by atoms with Crippen LogP contribution in [0.3, 0.4) is 0 Å². The molecule has 5 rings (SSSR count). The summed E-state index contributed by atoms with van der Waals surface area (Å²) in [5.74, 6) is 0.554. The molecule has 0 saturated carbocycles. The number of allylic oxidation sites excluding steroid dienone is 1. The van der Waals surface area contributed by atoms with Gasteiger partial charge in [-0.3, -0.25) is 0 Å². The maximum atomic E-state index is 14.2. The van der Waals surface area contributed by atoms with Crippen molar-refractivity contribution < 1.29 is 8.91 Å². The standard InChI is InChI=1S/C28H25FN4OS/c1-17-7-4-9-20(13-17)16-33-19(3)24(25(30-28(33)35)21-10-6-12-23(29)15-21)27-31-26(32-34-27)22-11-5-8-18(2)14-22/h4-15,25H,16H2,1-3H3,(H,30,35). The Morgan fingerprint density at radius 3 is 2.46 bits per heavy atom. The maximum Gasteiger partial charge on any atom is 0.258 e. The van der Waals surface area contributed by atoms with Gasteiger partial charge in [-0.05, 0) is 62.3 Å². The van der Waals surface area contributed by atoms with Crippen LogP contribution < -0.4 is 5.32 Å². The lowest BCUT2D eigenvalue weighted by molar-refractivity contribution is 0.396. The Morgan fingerprint density at radius 2 is 1.71 bits per heavy atom. The van der Waals surface area contributed by atoms with Crippen molar-refractivity contribution >= 4 is 22.9 Å². The highest BCUT2D eigenvalue weighted by atomic mass is 32.1. The number of nitrogens with one attached hydrogen (secondary N) is 1. The lowest BCUT2D eigenvalue weighted by Crippen LogP contribution is -2.45. The van der Waals surface area contributed by atoms with Gasteiger partial charge in [0.2, 0.25) is 5.82 Å². The molecule has 5 nitrogen and oxygen atoms in total. The molecule has 3 aromatic carbocycles. The van der Waals surface area contributed by atoms with E-state index in [1.807, 2.05) is 55.1 Å². The Hall–Kier alpha value is -3.84. The summed E-state index contributed by atoms with van der Waals surface area (Å²) in [5.41, 5.74) is 6.66. The molecule has 1 unspecified atom stereocenters. The fourth-order valence-electron chi connectivity index (χ4n) is 4.41. The lowest BCUT2D eigenvalue weighted by Gasteiger charge is -2.37. The fraction of sp³-hybridized carbons (Fsp3) is 0.179. The number of aryl methyl sites for hydroxylation is 2. The average Bonchev–Trinajstić information content (AvgIpc) is 3.31. The lowest BCUT2D eigenvalue weighted by atomic mass is 9.94. The summed E-state index contributed by atoms with van der Waals surface area (Å²) in [4.78, 5) is 6.75. The quantitative estimate of drug-likeness (QED) is 0.333. The molecule has 0 radical (unpaired) electrons. The SMILES string of the molecule is CC1=C(c2nc(-c3cccc(C)c3)no2)C(c2cccc(F)c2)NC(=S)N1Cc1cccc(C)c1. The Bertz CT molecular complexity index is 1440. The molecule has 0 aliphatic carbocycles. The second kappa shape index (κ2) is 9.43.